The molecule has 5 heteroatoms. The number of nitrogens with zero attached hydrogens (tertiary/aromatic N) is 2. The second-order valence-corrected chi connectivity index (χ2v) is 5.65. The topological polar surface area (TPSA) is 32.5 Å². The van der Waals surface area contributed by atoms with E-state index < -0.39 is 0 Å². The van der Waals surface area contributed by atoms with Crippen molar-refractivity contribution in [3.05, 3.63) is 28.8 Å². The van der Waals surface area contributed by atoms with Crippen LogP contribution in [0.1, 0.15) is 12.5 Å². The Labute approximate surface area is 119 Å². The number of hydrogen-bond donors (Lipinski definition) is 1. The van der Waals surface area contributed by atoms with Crippen LogP contribution in [0.5, 0.6) is 0 Å². The fourth-order valence-corrected chi connectivity index (χ4v) is 2.61. The molecule has 1 saturated heterocycles. The predicted molar refractivity (Wildman–Crippen MR) is 81.6 cm³/mol. The summed E-state index contributed by atoms with van der Waals surface area (Å²) >= 11 is 11.3. The maximum absolute atomic E-state index is 6.32. The molecule has 0 bridgehead atoms. The van der Waals surface area contributed by atoms with Gasteiger partial charge in [0.1, 0.15) is 4.99 Å². The van der Waals surface area contributed by atoms with E-state index in [2.05, 4.69) is 23.8 Å². The molecule has 1 aliphatic rings. The van der Waals surface area contributed by atoms with Crippen LogP contribution in [0.25, 0.3) is 0 Å². The molecule has 2 rings (SSSR count). The minimum Gasteiger partial charge on any atom is -0.389 e. The first-order chi connectivity index (χ1) is 8.49. The van der Waals surface area contributed by atoms with E-state index in [-0.39, 0.29) is 0 Å². The Kier molecular flexibility index (Phi) is 4.10. The average molecular weight is 284 g/mol. The molecular weight excluding hydrogens is 266 g/mol. The highest BCUT2D eigenvalue weighted by molar-refractivity contribution is 7.80. The van der Waals surface area contributed by atoms with E-state index in [9.17, 15) is 0 Å². The van der Waals surface area contributed by atoms with Crippen molar-refractivity contribution < 1.29 is 0 Å². The molecule has 18 heavy (non-hydrogen) atoms. The first-order valence-electron chi connectivity index (χ1n) is 6.03. The molecule has 2 N–H and O–H groups in total. The van der Waals surface area contributed by atoms with Crippen molar-refractivity contribution in [2.24, 2.45) is 5.73 Å². The highest BCUT2D eigenvalue weighted by Gasteiger charge is 2.22. The molecule has 1 aliphatic heterocycles. The van der Waals surface area contributed by atoms with E-state index >= 15 is 0 Å². The molecule has 0 amide bonds. The maximum Gasteiger partial charge on any atom is 0.104 e. The Morgan fingerprint density at radius 1 is 1.44 bits per heavy atom. The minimum atomic E-state index is 0.384. The van der Waals surface area contributed by atoms with Crippen molar-refractivity contribution in [2.75, 3.05) is 31.6 Å². The van der Waals surface area contributed by atoms with Gasteiger partial charge < -0.3 is 15.5 Å². The van der Waals surface area contributed by atoms with Gasteiger partial charge in [-0.3, -0.25) is 0 Å². The van der Waals surface area contributed by atoms with E-state index in [1.54, 1.807) is 0 Å². The van der Waals surface area contributed by atoms with Gasteiger partial charge in [0.2, 0.25) is 0 Å². The third kappa shape index (κ3) is 2.76. The third-order valence-electron chi connectivity index (χ3n) is 3.53. The van der Waals surface area contributed by atoms with E-state index in [1.807, 2.05) is 18.2 Å². The molecule has 3 nitrogen and oxygen atoms in total. The largest absolute Gasteiger partial charge is 0.389 e. The fraction of sp³-hybridized carbons (Fsp3) is 0.462. The normalized spacial score (nSPS) is 21.1. The second-order valence-electron chi connectivity index (χ2n) is 4.81. The summed E-state index contributed by atoms with van der Waals surface area (Å²) in [5.74, 6) is 0. The molecule has 1 aromatic carbocycles. The van der Waals surface area contributed by atoms with Crippen molar-refractivity contribution >= 4 is 34.5 Å². The van der Waals surface area contributed by atoms with Crippen LogP contribution in [0.2, 0.25) is 5.02 Å². The summed E-state index contributed by atoms with van der Waals surface area (Å²) in [4.78, 5) is 5.06. The lowest BCUT2D eigenvalue weighted by Crippen LogP contribution is -2.50. The van der Waals surface area contributed by atoms with Crippen LogP contribution in [0.3, 0.4) is 0 Å². The summed E-state index contributed by atoms with van der Waals surface area (Å²) in [6.45, 7) is 5.26. The van der Waals surface area contributed by atoms with Crippen molar-refractivity contribution in [1.29, 1.82) is 0 Å². The number of rotatable bonds is 2. The van der Waals surface area contributed by atoms with Gasteiger partial charge in [-0.15, -0.1) is 0 Å². The quantitative estimate of drug-likeness (QED) is 0.843. The molecular formula is C13H18ClN3S. The van der Waals surface area contributed by atoms with Crippen LogP contribution in [0.15, 0.2) is 18.2 Å². The van der Waals surface area contributed by atoms with E-state index in [0.717, 1.165) is 35.9 Å². The van der Waals surface area contributed by atoms with Gasteiger partial charge in [-0.05, 0) is 32.2 Å². The summed E-state index contributed by atoms with van der Waals surface area (Å²) in [6, 6.07) is 6.33. The summed E-state index contributed by atoms with van der Waals surface area (Å²) in [7, 11) is 2.15. The molecule has 1 atom stereocenters. The molecule has 98 valence electrons. The molecule has 0 saturated carbocycles. The van der Waals surface area contributed by atoms with Crippen LogP contribution in [0.4, 0.5) is 5.69 Å². The van der Waals surface area contributed by atoms with Gasteiger partial charge in [0, 0.05) is 31.2 Å². The van der Waals surface area contributed by atoms with Crippen LogP contribution in [-0.2, 0) is 0 Å². The first-order valence-corrected chi connectivity index (χ1v) is 6.82. The highest BCUT2D eigenvalue weighted by atomic mass is 35.5. The first kappa shape index (κ1) is 13.6. The van der Waals surface area contributed by atoms with Crippen LogP contribution >= 0.6 is 23.8 Å². The zero-order valence-corrected chi connectivity index (χ0v) is 12.3. The van der Waals surface area contributed by atoms with Crippen LogP contribution < -0.4 is 10.6 Å². The third-order valence-corrected chi connectivity index (χ3v) is 4.07. The highest BCUT2D eigenvalue weighted by Crippen LogP contribution is 2.28. The van der Waals surface area contributed by atoms with E-state index in [4.69, 9.17) is 29.6 Å². The summed E-state index contributed by atoms with van der Waals surface area (Å²) in [6.07, 6.45) is 0. The van der Waals surface area contributed by atoms with Crippen LogP contribution in [0, 0.1) is 0 Å². The van der Waals surface area contributed by atoms with Gasteiger partial charge in [0.15, 0.2) is 0 Å². The van der Waals surface area contributed by atoms with Gasteiger partial charge in [-0.2, -0.15) is 0 Å². The number of thiocarbonyl (C=S) groups is 1. The smallest absolute Gasteiger partial charge is 0.104 e. The second kappa shape index (κ2) is 5.43. The monoisotopic (exact) mass is 283 g/mol. The molecule has 0 spiro atoms. The molecule has 0 radical (unpaired) electrons. The number of piperazine rings is 1. The van der Waals surface area contributed by atoms with Gasteiger partial charge in [-0.25, -0.2) is 0 Å². The van der Waals surface area contributed by atoms with Gasteiger partial charge in [-0.1, -0.05) is 23.8 Å². The zero-order valence-electron chi connectivity index (χ0n) is 10.7. The molecule has 0 aliphatic carbocycles. The SMILES string of the molecule is CC1CN(c2ccc(C(N)=S)cc2Cl)CCN1C. The number of likely N-dealkylation sites (N-methyl/N-ethyl adjacent to an activating group) is 1. The molecule has 1 heterocycles. The lowest BCUT2D eigenvalue weighted by Gasteiger charge is -2.39. The van der Waals surface area contributed by atoms with E-state index in [1.165, 1.54) is 0 Å². The number of anilines is 1. The van der Waals surface area contributed by atoms with Crippen molar-refractivity contribution in [2.45, 2.75) is 13.0 Å². The molecule has 1 unspecified atom stereocenters. The predicted octanol–water partition coefficient (Wildman–Crippen LogP) is 2.11. The Morgan fingerprint density at radius 2 is 2.17 bits per heavy atom. The number of halogens is 1. The number of hydrogen-bond acceptors (Lipinski definition) is 3. The zero-order chi connectivity index (χ0) is 13.3. The standard InChI is InChI=1S/C13H18ClN3S/c1-9-8-17(6-5-16(9)2)12-4-3-10(13(15)18)7-11(12)14/h3-4,7,9H,5-6,8H2,1-2H3,(H2,15,18). The van der Waals surface area contributed by atoms with Gasteiger partial charge in [0.05, 0.1) is 10.7 Å². The fourth-order valence-electron chi connectivity index (χ4n) is 2.18. The Morgan fingerprint density at radius 3 is 2.72 bits per heavy atom. The minimum absolute atomic E-state index is 0.384. The average Bonchev–Trinajstić information content (AvgIpc) is 2.32. The summed E-state index contributed by atoms with van der Waals surface area (Å²) in [5.41, 5.74) is 7.49. The van der Waals surface area contributed by atoms with Gasteiger partial charge >= 0.3 is 0 Å². The van der Waals surface area contributed by atoms with Crippen LogP contribution in [-0.4, -0.2) is 42.6 Å². The Bertz CT molecular complexity index is 464. The Hall–Kier alpha value is -0.840. The van der Waals surface area contributed by atoms with Crippen molar-refractivity contribution in [1.82, 2.24) is 4.90 Å². The lowest BCUT2D eigenvalue weighted by atomic mass is 10.1. The van der Waals surface area contributed by atoms with Crippen molar-refractivity contribution in [3.63, 3.8) is 0 Å². The van der Waals surface area contributed by atoms with Gasteiger partial charge in [0.25, 0.3) is 0 Å². The Balaban J connectivity index is 2.21. The molecule has 1 aromatic rings. The number of benzene rings is 1. The van der Waals surface area contributed by atoms with Crippen molar-refractivity contribution in [3.8, 4) is 0 Å². The molecule has 0 aromatic heterocycles. The summed E-state index contributed by atoms with van der Waals surface area (Å²) < 4.78 is 0. The lowest BCUT2D eigenvalue weighted by molar-refractivity contribution is 0.234. The molecule has 1 fully saturated rings. The maximum atomic E-state index is 6.32. The van der Waals surface area contributed by atoms with E-state index in [0.29, 0.717) is 11.0 Å². The number of nitrogens with two attached hydrogens (primary N) is 1. The summed E-state index contributed by atoms with van der Waals surface area (Å²) in [5, 5.41) is 0.719.